The van der Waals surface area contributed by atoms with Gasteiger partial charge in [0.15, 0.2) is 0 Å². The zero-order chi connectivity index (χ0) is 22.7. The van der Waals surface area contributed by atoms with Gasteiger partial charge in [0.05, 0.1) is 22.6 Å². The number of rotatable bonds is 7. The Labute approximate surface area is 192 Å². The third kappa shape index (κ3) is 4.66. The molecule has 8 nitrogen and oxygen atoms in total. The van der Waals surface area contributed by atoms with Gasteiger partial charge in [-0.3, -0.25) is 10.1 Å². The Morgan fingerprint density at radius 3 is 2.47 bits per heavy atom. The van der Waals surface area contributed by atoms with Crippen LogP contribution in [0.2, 0.25) is 10.0 Å². The van der Waals surface area contributed by atoms with Crippen LogP contribution in [0.4, 0.5) is 5.69 Å². The molecular weight excluding hydrogens is 457 g/mol. The number of ether oxygens (including phenoxy) is 2. The fraction of sp³-hybridized carbons (Fsp3) is 0.0909. The van der Waals surface area contributed by atoms with Gasteiger partial charge in [0.25, 0.3) is 11.6 Å². The Morgan fingerprint density at radius 1 is 1.03 bits per heavy atom. The van der Waals surface area contributed by atoms with E-state index in [4.69, 9.17) is 37.2 Å². The van der Waals surface area contributed by atoms with Crippen LogP contribution >= 0.6 is 23.2 Å². The molecule has 1 aromatic heterocycles. The van der Waals surface area contributed by atoms with Crippen molar-refractivity contribution in [1.29, 1.82) is 0 Å². The van der Waals surface area contributed by atoms with E-state index in [9.17, 15) is 10.1 Å². The van der Waals surface area contributed by atoms with E-state index in [1.54, 1.807) is 25.3 Å². The van der Waals surface area contributed by atoms with Gasteiger partial charge in [-0.25, -0.2) is 0 Å². The molecule has 4 rings (SSSR count). The van der Waals surface area contributed by atoms with Gasteiger partial charge in [0, 0.05) is 22.7 Å². The summed E-state index contributed by atoms with van der Waals surface area (Å²) >= 11 is 12.1. The first-order chi connectivity index (χ1) is 15.4. The lowest BCUT2D eigenvalue weighted by molar-refractivity contribution is -0.384. The number of aromatic nitrogens is 2. The Bertz CT molecular complexity index is 1280. The van der Waals surface area contributed by atoms with Crippen LogP contribution in [0.3, 0.4) is 0 Å². The summed E-state index contributed by atoms with van der Waals surface area (Å²) in [5.41, 5.74) is 2.11. The average molecular weight is 472 g/mol. The van der Waals surface area contributed by atoms with Crippen molar-refractivity contribution in [3.8, 4) is 34.3 Å². The first-order valence-electron chi connectivity index (χ1n) is 9.28. The normalized spacial score (nSPS) is 10.7. The molecule has 10 heteroatoms. The molecule has 0 aliphatic heterocycles. The zero-order valence-electron chi connectivity index (χ0n) is 16.6. The van der Waals surface area contributed by atoms with Gasteiger partial charge in [0.2, 0.25) is 5.82 Å². The van der Waals surface area contributed by atoms with Gasteiger partial charge in [-0.05, 0) is 42.0 Å². The molecule has 32 heavy (non-hydrogen) atoms. The Morgan fingerprint density at radius 2 is 1.78 bits per heavy atom. The highest BCUT2D eigenvalue weighted by Crippen LogP contribution is 2.32. The minimum atomic E-state index is -0.514. The van der Waals surface area contributed by atoms with E-state index in [1.807, 2.05) is 24.3 Å². The molecule has 0 amide bonds. The van der Waals surface area contributed by atoms with Crippen LogP contribution in [-0.2, 0) is 6.61 Å². The van der Waals surface area contributed by atoms with Crippen molar-refractivity contribution in [3.05, 3.63) is 86.4 Å². The summed E-state index contributed by atoms with van der Waals surface area (Å²) in [6, 6.07) is 16.6. The van der Waals surface area contributed by atoms with E-state index in [1.165, 1.54) is 18.2 Å². The van der Waals surface area contributed by atoms with Gasteiger partial charge in [-0.1, -0.05) is 40.5 Å². The molecule has 0 unspecified atom stereocenters. The molecule has 4 aromatic rings. The number of benzene rings is 3. The number of nitro groups is 1. The first kappa shape index (κ1) is 21.6. The Hall–Kier alpha value is -3.62. The van der Waals surface area contributed by atoms with Crippen molar-refractivity contribution in [1.82, 2.24) is 10.1 Å². The standard InChI is InChI=1S/C22H15Cl2N3O5/c1-30-19-8-6-15(23)10-17(19)21-25-22(32-26-21)14-4-2-13(3-5-14)12-31-20-9-7-16(27(28)29)11-18(20)24/h2-11H,12H2,1H3. The highest BCUT2D eigenvalue weighted by molar-refractivity contribution is 6.32. The lowest BCUT2D eigenvalue weighted by Crippen LogP contribution is -1.97. The van der Waals surface area contributed by atoms with Crippen LogP contribution < -0.4 is 9.47 Å². The largest absolute Gasteiger partial charge is 0.496 e. The second kappa shape index (κ2) is 9.25. The fourth-order valence-electron chi connectivity index (χ4n) is 2.93. The van der Waals surface area contributed by atoms with Crippen molar-refractivity contribution < 1.29 is 18.9 Å². The summed E-state index contributed by atoms with van der Waals surface area (Å²) in [6.45, 7) is 0.229. The van der Waals surface area contributed by atoms with E-state index in [0.717, 1.165) is 11.1 Å². The predicted octanol–water partition coefficient (Wildman–Crippen LogP) is 6.21. The SMILES string of the molecule is COc1ccc(Cl)cc1-c1noc(-c2ccc(COc3ccc([N+](=O)[O-])cc3Cl)cc2)n1. The van der Waals surface area contributed by atoms with Crippen molar-refractivity contribution in [3.63, 3.8) is 0 Å². The number of non-ortho nitro benzene ring substituents is 1. The third-order valence-electron chi connectivity index (χ3n) is 4.55. The monoisotopic (exact) mass is 471 g/mol. The van der Waals surface area contributed by atoms with Gasteiger partial charge >= 0.3 is 0 Å². The molecule has 0 saturated heterocycles. The number of hydrogen-bond acceptors (Lipinski definition) is 7. The van der Waals surface area contributed by atoms with E-state index in [-0.39, 0.29) is 17.3 Å². The van der Waals surface area contributed by atoms with Crippen LogP contribution in [0.5, 0.6) is 11.5 Å². The molecule has 0 fully saturated rings. The summed E-state index contributed by atoms with van der Waals surface area (Å²) in [7, 11) is 1.55. The van der Waals surface area contributed by atoms with Crippen molar-refractivity contribution in [2.45, 2.75) is 6.61 Å². The quantitative estimate of drug-likeness (QED) is 0.233. The van der Waals surface area contributed by atoms with Crippen molar-refractivity contribution in [2.75, 3.05) is 7.11 Å². The van der Waals surface area contributed by atoms with Gasteiger partial charge in [0.1, 0.15) is 18.1 Å². The minimum absolute atomic E-state index is 0.0963. The average Bonchev–Trinajstić information content (AvgIpc) is 3.28. The predicted molar refractivity (Wildman–Crippen MR) is 119 cm³/mol. The fourth-order valence-corrected chi connectivity index (χ4v) is 3.33. The maximum absolute atomic E-state index is 10.8. The molecule has 0 N–H and O–H groups in total. The summed E-state index contributed by atoms with van der Waals surface area (Å²) in [5, 5.41) is 15.5. The Balaban J connectivity index is 1.47. The number of halogens is 2. The van der Waals surface area contributed by atoms with E-state index in [0.29, 0.717) is 33.8 Å². The molecule has 3 aromatic carbocycles. The molecule has 0 saturated carbocycles. The first-order valence-corrected chi connectivity index (χ1v) is 10.0. The van der Waals surface area contributed by atoms with E-state index < -0.39 is 4.92 Å². The second-order valence-corrected chi connectivity index (χ2v) is 7.47. The number of hydrogen-bond donors (Lipinski definition) is 0. The van der Waals surface area contributed by atoms with Crippen LogP contribution in [0.25, 0.3) is 22.8 Å². The van der Waals surface area contributed by atoms with Crippen LogP contribution in [-0.4, -0.2) is 22.2 Å². The molecular formula is C22H15Cl2N3O5. The van der Waals surface area contributed by atoms with Gasteiger partial charge < -0.3 is 14.0 Å². The molecule has 0 aliphatic rings. The molecule has 0 spiro atoms. The molecule has 0 bridgehead atoms. The topological polar surface area (TPSA) is 101 Å². The lowest BCUT2D eigenvalue weighted by atomic mass is 10.1. The van der Waals surface area contributed by atoms with E-state index >= 15 is 0 Å². The Kier molecular flexibility index (Phi) is 6.25. The summed E-state index contributed by atoms with van der Waals surface area (Å²) < 4.78 is 16.4. The number of nitrogens with zero attached hydrogens (tertiary/aromatic N) is 3. The molecule has 0 radical (unpaired) electrons. The number of methoxy groups -OCH3 is 1. The maximum atomic E-state index is 10.8. The summed E-state index contributed by atoms with van der Waals surface area (Å²) in [4.78, 5) is 14.7. The smallest absolute Gasteiger partial charge is 0.271 e. The molecule has 0 aliphatic carbocycles. The van der Waals surface area contributed by atoms with Crippen LogP contribution in [0.15, 0.2) is 65.2 Å². The van der Waals surface area contributed by atoms with Crippen LogP contribution in [0.1, 0.15) is 5.56 Å². The van der Waals surface area contributed by atoms with Crippen LogP contribution in [0, 0.1) is 10.1 Å². The zero-order valence-corrected chi connectivity index (χ0v) is 18.1. The lowest BCUT2D eigenvalue weighted by Gasteiger charge is -2.08. The second-order valence-electron chi connectivity index (χ2n) is 6.63. The highest BCUT2D eigenvalue weighted by atomic mass is 35.5. The number of nitro benzene ring substituents is 1. The van der Waals surface area contributed by atoms with E-state index in [2.05, 4.69) is 10.1 Å². The molecule has 162 valence electrons. The molecule has 0 atom stereocenters. The minimum Gasteiger partial charge on any atom is -0.496 e. The highest BCUT2D eigenvalue weighted by Gasteiger charge is 2.15. The summed E-state index contributed by atoms with van der Waals surface area (Å²) in [5.74, 6) is 1.64. The van der Waals surface area contributed by atoms with Crippen molar-refractivity contribution >= 4 is 28.9 Å². The maximum Gasteiger partial charge on any atom is 0.271 e. The van der Waals surface area contributed by atoms with Gasteiger partial charge in [-0.15, -0.1) is 0 Å². The van der Waals surface area contributed by atoms with Crippen molar-refractivity contribution in [2.24, 2.45) is 0 Å². The summed E-state index contributed by atoms with van der Waals surface area (Å²) in [6.07, 6.45) is 0. The molecule has 1 heterocycles. The van der Waals surface area contributed by atoms with Gasteiger partial charge in [-0.2, -0.15) is 4.98 Å². The third-order valence-corrected chi connectivity index (χ3v) is 5.08.